The van der Waals surface area contributed by atoms with Crippen LogP contribution in [0.3, 0.4) is 0 Å². The van der Waals surface area contributed by atoms with E-state index >= 15 is 0 Å². The minimum atomic E-state index is 0.897. The monoisotopic (exact) mass is 223 g/mol. The molecule has 0 bridgehead atoms. The van der Waals surface area contributed by atoms with Gasteiger partial charge in [-0.2, -0.15) is 0 Å². The van der Waals surface area contributed by atoms with Gasteiger partial charge in [0.05, 0.1) is 0 Å². The van der Waals surface area contributed by atoms with Gasteiger partial charge in [-0.05, 0) is 45.2 Å². The molecule has 3 heteroatoms. The molecule has 2 saturated carbocycles. The predicted octanol–water partition coefficient (Wildman–Crippen LogP) is 0.764. The van der Waals surface area contributed by atoms with Crippen molar-refractivity contribution in [2.75, 3.05) is 39.8 Å². The number of nitrogens with one attached hydrogen (secondary N) is 1. The first-order valence-corrected chi connectivity index (χ1v) is 7.01. The van der Waals surface area contributed by atoms with Crippen LogP contribution in [0.25, 0.3) is 0 Å². The van der Waals surface area contributed by atoms with Gasteiger partial charge in [0.1, 0.15) is 0 Å². The predicted molar refractivity (Wildman–Crippen MR) is 66.6 cm³/mol. The fourth-order valence-electron chi connectivity index (χ4n) is 3.41. The van der Waals surface area contributed by atoms with Crippen molar-refractivity contribution in [3.8, 4) is 0 Å². The zero-order chi connectivity index (χ0) is 11.0. The molecule has 3 aliphatic rings. The smallest absolute Gasteiger partial charge is 0.0137 e. The highest BCUT2D eigenvalue weighted by atomic mass is 15.3. The van der Waals surface area contributed by atoms with Gasteiger partial charge in [0.2, 0.25) is 0 Å². The Hall–Kier alpha value is -0.120. The Bertz CT molecular complexity index is 231. The molecule has 2 aliphatic carbocycles. The number of hydrogen-bond acceptors (Lipinski definition) is 3. The quantitative estimate of drug-likeness (QED) is 0.759. The highest BCUT2D eigenvalue weighted by Crippen LogP contribution is 2.33. The summed E-state index contributed by atoms with van der Waals surface area (Å²) in [6.07, 6.45) is 5.81. The number of hydrogen-bond donors (Lipinski definition) is 1. The van der Waals surface area contributed by atoms with Crippen LogP contribution >= 0.6 is 0 Å². The Balaban J connectivity index is 1.46. The molecule has 1 N–H and O–H groups in total. The minimum Gasteiger partial charge on any atom is -0.319 e. The van der Waals surface area contributed by atoms with Gasteiger partial charge in [-0.15, -0.1) is 0 Å². The third-order valence-corrected chi connectivity index (χ3v) is 4.72. The van der Waals surface area contributed by atoms with Gasteiger partial charge < -0.3 is 5.32 Å². The van der Waals surface area contributed by atoms with Crippen LogP contribution in [0.4, 0.5) is 0 Å². The Morgan fingerprint density at radius 1 is 0.938 bits per heavy atom. The van der Waals surface area contributed by atoms with Gasteiger partial charge >= 0.3 is 0 Å². The lowest BCUT2D eigenvalue weighted by Crippen LogP contribution is -2.57. The van der Waals surface area contributed by atoms with E-state index < -0.39 is 0 Å². The van der Waals surface area contributed by atoms with Crippen molar-refractivity contribution >= 4 is 0 Å². The lowest BCUT2D eigenvalue weighted by Gasteiger charge is -2.47. The Labute approximate surface area is 99.2 Å². The van der Waals surface area contributed by atoms with Crippen molar-refractivity contribution < 1.29 is 0 Å². The molecule has 1 aliphatic heterocycles. The first-order valence-electron chi connectivity index (χ1n) is 7.01. The second-order valence-corrected chi connectivity index (χ2v) is 5.77. The van der Waals surface area contributed by atoms with E-state index in [1.807, 2.05) is 0 Å². The van der Waals surface area contributed by atoms with Gasteiger partial charge in [0, 0.05) is 38.3 Å². The molecular weight excluding hydrogens is 198 g/mol. The molecule has 92 valence electrons. The van der Waals surface area contributed by atoms with Crippen molar-refractivity contribution in [1.29, 1.82) is 0 Å². The summed E-state index contributed by atoms with van der Waals surface area (Å²) in [6.45, 7) is 6.51. The van der Waals surface area contributed by atoms with Crippen LogP contribution in [0.5, 0.6) is 0 Å². The summed E-state index contributed by atoms with van der Waals surface area (Å²) in [5.41, 5.74) is 0. The first kappa shape index (κ1) is 11.0. The van der Waals surface area contributed by atoms with Crippen molar-refractivity contribution in [1.82, 2.24) is 15.1 Å². The fraction of sp³-hybridized carbons (Fsp3) is 1.00. The fourth-order valence-corrected chi connectivity index (χ4v) is 3.41. The van der Waals surface area contributed by atoms with Crippen LogP contribution in [0.1, 0.15) is 25.7 Å². The topological polar surface area (TPSA) is 18.5 Å². The Morgan fingerprint density at radius 3 is 2.12 bits per heavy atom. The number of nitrogens with zero attached hydrogens (tertiary/aromatic N) is 2. The van der Waals surface area contributed by atoms with Crippen LogP contribution in [0, 0.1) is 5.92 Å². The van der Waals surface area contributed by atoms with Crippen LogP contribution in [-0.4, -0.2) is 61.7 Å². The second-order valence-electron chi connectivity index (χ2n) is 5.77. The average Bonchev–Trinajstić information content (AvgIpc) is 3.09. The van der Waals surface area contributed by atoms with Gasteiger partial charge in [0.25, 0.3) is 0 Å². The highest BCUT2D eigenvalue weighted by molar-refractivity contribution is 4.94. The summed E-state index contributed by atoms with van der Waals surface area (Å²) in [6, 6.07) is 1.87. The van der Waals surface area contributed by atoms with Gasteiger partial charge in [-0.25, -0.2) is 0 Å². The van der Waals surface area contributed by atoms with E-state index in [-0.39, 0.29) is 0 Å². The molecule has 0 spiro atoms. The van der Waals surface area contributed by atoms with E-state index in [0.717, 1.165) is 18.0 Å². The van der Waals surface area contributed by atoms with Crippen molar-refractivity contribution in [2.45, 2.75) is 37.8 Å². The van der Waals surface area contributed by atoms with Crippen LogP contribution in [0.2, 0.25) is 0 Å². The summed E-state index contributed by atoms with van der Waals surface area (Å²) in [5.74, 6) is 0.928. The van der Waals surface area contributed by atoms with E-state index in [9.17, 15) is 0 Å². The lowest BCUT2D eigenvalue weighted by atomic mass is 9.78. The molecule has 3 rings (SSSR count). The van der Waals surface area contributed by atoms with Gasteiger partial charge in [0.15, 0.2) is 0 Å². The summed E-state index contributed by atoms with van der Waals surface area (Å²) < 4.78 is 0. The molecule has 1 heterocycles. The van der Waals surface area contributed by atoms with Crippen LogP contribution < -0.4 is 5.32 Å². The third kappa shape index (κ3) is 2.13. The van der Waals surface area contributed by atoms with E-state index in [2.05, 4.69) is 22.2 Å². The summed E-state index contributed by atoms with van der Waals surface area (Å²) in [5, 5.41) is 3.34. The Kier molecular flexibility index (Phi) is 3.18. The molecule has 0 aromatic heterocycles. The van der Waals surface area contributed by atoms with E-state index in [1.165, 1.54) is 58.4 Å². The SMILES string of the molecule is CNCC1CCC1N1CCN(C2CC2)CC1. The number of piperazine rings is 1. The highest BCUT2D eigenvalue weighted by Gasteiger charge is 2.38. The number of rotatable bonds is 4. The molecule has 3 nitrogen and oxygen atoms in total. The summed E-state index contributed by atoms with van der Waals surface area (Å²) >= 11 is 0. The molecule has 1 saturated heterocycles. The van der Waals surface area contributed by atoms with E-state index in [0.29, 0.717) is 0 Å². The van der Waals surface area contributed by atoms with Crippen LogP contribution in [0.15, 0.2) is 0 Å². The second kappa shape index (κ2) is 4.63. The maximum atomic E-state index is 3.34. The maximum Gasteiger partial charge on any atom is 0.0137 e. The normalized spacial score (nSPS) is 37.3. The zero-order valence-corrected chi connectivity index (χ0v) is 10.5. The first-order chi connectivity index (χ1) is 7.88. The largest absolute Gasteiger partial charge is 0.319 e. The molecule has 0 aromatic carbocycles. The van der Waals surface area contributed by atoms with Crippen LogP contribution in [-0.2, 0) is 0 Å². The molecule has 0 amide bonds. The zero-order valence-electron chi connectivity index (χ0n) is 10.5. The maximum absolute atomic E-state index is 3.34. The van der Waals surface area contributed by atoms with E-state index in [1.54, 1.807) is 0 Å². The molecule has 3 fully saturated rings. The molecule has 0 radical (unpaired) electrons. The summed E-state index contributed by atoms with van der Waals surface area (Å²) in [7, 11) is 2.08. The van der Waals surface area contributed by atoms with Crippen molar-refractivity contribution in [2.24, 2.45) is 5.92 Å². The van der Waals surface area contributed by atoms with Gasteiger partial charge in [-0.3, -0.25) is 9.80 Å². The van der Waals surface area contributed by atoms with E-state index in [4.69, 9.17) is 0 Å². The standard InChI is InChI=1S/C13H25N3/c1-14-10-11-2-5-13(11)16-8-6-15(7-9-16)12-3-4-12/h11-14H,2-10H2,1H3. The average molecular weight is 223 g/mol. The molecular formula is C13H25N3. The molecule has 2 atom stereocenters. The molecule has 2 unspecified atom stereocenters. The molecule has 16 heavy (non-hydrogen) atoms. The van der Waals surface area contributed by atoms with Crippen molar-refractivity contribution in [3.63, 3.8) is 0 Å². The third-order valence-electron chi connectivity index (χ3n) is 4.72. The summed E-state index contributed by atoms with van der Waals surface area (Å²) in [4.78, 5) is 5.46. The van der Waals surface area contributed by atoms with Crippen molar-refractivity contribution in [3.05, 3.63) is 0 Å². The minimum absolute atomic E-state index is 0.897. The lowest BCUT2D eigenvalue weighted by molar-refractivity contribution is 0.0196. The molecule has 0 aromatic rings. The Morgan fingerprint density at radius 2 is 1.62 bits per heavy atom. The van der Waals surface area contributed by atoms with Gasteiger partial charge in [-0.1, -0.05) is 0 Å².